The minimum Gasteiger partial charge on any atom is -0.420 e. The Morgan fingerprint density at radius 1 is 1.28 bits per heavy atom. The first kappa shape index (κ1) is 22.6. The summed E-state index contributed by atoms with van der Waals surface area (Å²) >= 11 is 8.23. The van der Waals surface area contributed by atoms with E-state index in [4.69, 9.17) is 16.3 Å². The fraction of sp³-hybridized carbons (Fsp3) is 0.286. The number of hydrogen-bond donors (Lipinski definition) is 1. The summed E-state index contributed by atoms with van der Waals surface area (Å²) in [5.74, 6) is -0.541. The third kappa shape index (κ3) is 5.43. The van der Waals surface area contributed by atoms with Crippen LogP contribution in [0.25, 0.3) is 11.4 Å². The Hall–Kier alpha value is -2.56. The van der Waals surface area contributed by atoms with E-state index in [2.05, 4.69) is 36.1 Å². The van der Waals surface area contributed by atoms with Crippen molar-refractivity contribution in [2.45, 2.75) is 31.1 Å². The number of nitrogens with one attached hydrogen (secondary N) is 1. The van der Waals surface area contributed by atoms with Crippen LogP contribution in [0.2, 0.25) is 0 Å². The zero-order valence-electron chi connectivity index (χ0n) is 16.6. The summed E-state index contributed by atoms with van der Waals surface area (Å²) in [5, 5.41) is 7.07. The highest BCUT2D eigenvalue weighted by atomic mass is 79.9. The number of anilines is 1. The predicted molar refractivity (Wildman–Crippen MR) is 118 cm³/mol. The number of nitrogens with zero attached hydrogens (tertiary/aromatic N) is 3. The number of amides is 1. The number of benzene rings is 1. The monoisotopic (exact) mass is 526 g/mol. The normalized spacial score (nSPS) is 16.6. The van der Waals surface area contributed by atoms with Crippen LogP contribution in [0.1, 0.15) is 35.8 Å². The summed E-state index contributed by atoms with van der Waals surface area (Å²) in [7, 11) is 0. The van der Waals surface area contributed by atoms with Gasteiger partial charge in [-0.25, -0.2) is 4.68 Å². The van der Waals surface area contributed by atoms with Gasteiger partial charge in [0.05, 0.1) is 11.3 Å². The average Bonchev–Trinajstić information content (AvgIpc) is 3.24. The molecule has 1 aliphatic rings. The molecule has 32 heavy (non-hydrogen) atoms. The summed E-state index contributed by atoms with van der Waals surface area (Å²) in [6.45, 7) is 0.694. The molecule has 1 saturated heterocycles. The van der Waals surface area contributed by atoms with Crippen molar-refractivity contribution in [2.24, 2.45) is 0 Å². The number of aromatic nitrogens is 3. The maximum Gasteiger partial charge on any atom is 0.487 e. The summed E-state index contributed by atoms with van der Waals surface area (Å²) < 4.78 is 37.9. The molecule has 4 rings (SSSR count). The lowest BCUT2D eigenvalue weighted by molar-refractivity contribution is -0.0964. The van der Waals surface area contributed by atoms with Crippen molar-refractivity contribution in [3.8, 4) is 17.1 Å². The molecule has 0 saturated carbocycles. The van der Waals surface area contributed by atoms with Crippen molar-refractivity contribution in [3.05, 3.63) is 58.8 Å². The minimum absolute atomic E-state index is 0.129. The molecular weight excluding hydrogens is 510 g/mol. The maximum atomic E-state index is 12.7. The molecule has 1 atom stereocenters. The fourth-order valence-electron chi connectivity index (χ4n) is 3.34. The SMILES string of the molecule is O=C(Nc1ccc(OC(F)(F)Cl)cc1)c1cnc(-c2ccnn2C2CCCCO2)c(Br)c1. The first-order valence-corrected chi connectivity index (χ1v) is 11.0. The molecule has 1 aliphatic heterocycles. The molecule has 168 valence electrons. The van der Waals surface area contributed by atoms with Gasteiger partial charge in [0, 0.05) is 40.8 Å². The number of alkyl halides is 3. The molecule has 1 aromatic carbocycles. The molecule has 1 unspecified atom stereocenters. The summed E-state index contributed by atoms with van der Waals surface area (Å²) in [6.07, 6.45) is 5.98. The number of ether oxygens (including phenoxy) is 2. The Morgan fingerprint density at radius 3 is 2.72 bits per heavy atom. The number of halogens is 4. The lowest BCUT2D eigenvalue weighted by atomic mass is 10.1. The van der Waals surface area contributed by atoms with Gasteiger partial charge in [-0.05, 0) is 71.6 Å². The number of carbonyl (C=O) groups is 1. The van der Waals surface area contributed by atoms with Crippen molar-refractivity contribution in [2.75, 3.05) is 11.9 Å². The van der Waals surface area contributed by atoms with E-state index in [1.807, 2.05) is 6.07 Å². The van der Waals surface area contributed by atoms with Gasteiger partial charge < -0.3 is 14.8 Å². The number of hydrogen-bond acceptors (Lipinski definition) is 5. The average molecular weight is 528 g/mol. The third-order valence-electron chi connectivity index (χ3n) is 4.79. The van der Waals surface area contributed by atoms with Gasteiger partial charge in [0.2, 0.25) is 0 Å². The molecule has 0 radical (unpaired) electrons. The predicted octanol–water partition coefficient (Wildman–Crippen LogP) is 5.83. The Balaban J connectivity index is 1.48. The molecular formula is C21H18BrClF2N4O3. The molecule has 3 heterocycles. The standard InChI is InChI=1S/C21H18BrClF2N4O3/c22-16-11-13(20(30)28-14-4-6-15(7-5-14)32-21(23,24)25)12-26-19(16)17-8-9-27-29(17)18-3-1-2-10-31-18/h4-9,11-12,18H,1-3,10H2,(H,28,30). The van der Waals surface area contributed by atoms with Gasteiger partial charge >= 0.3 is 5.57 Å². The molecule has 1 fully saturated rings. The van der Waals surface area contributed by atoms with Crippen LogP contribution in [-0.4, -0.2) is 32.8 Å². The summed E-state index contributed by atoms with van der Waals surface area (Å²) in [4.78, 5) is 17.1. The van der Waals surface area contributed by atoms with E-state index in [0.29, 0.717) is 28.0 Å². The van der Waals surface area contributed by atoms with E-state index in [1.165, 1.54) is 30.5 Å². The fourth-order valence-corrected chi connectivity index (χ4v) is 3.98. The second-order valence-corrected chi connectivity index (χ2v) is 8.36. The molecule has 2 aromatic heterocycles. The quantitative estimate of drug-likeness (QED) is 0.408. The van der Waals surface area contributed by atoms with E-state index in [1.54, 1.807) is 16.9 Å². The van der Waals surface area contributed by atoms with Crippen molar-refractivity contribution in [1.82, 2.24) is 14.8 Å². The van der Waals surface area contributed by atoms with Gasteiger partial charge in [-0.3, -0.25) is 9.78 Å². The second kappa shape index (κ2) is 9.51. The van der Waals surface area contributed by atoms with Crippen LogP contribution in [0.3, 0.4) is 0 Å². The van der Waals surface area contributed by atoms with Crippen LogP contribution in [0.5, 0.6) is 5.75 Å². The van der Waals surface area contributed by atoms with E-state index >= 15 is 0 Å². The lowest BCUT2D eigenvalue weighted by Gasteiger charge is -2.24. The van der Waals surface area contributed by atoms with Gasteiger partial charge in [0.1, 0.15) is 11.4 Å². The Morgan fingerprint density at radius 2 is 2.06 bits per heavy atom. The van der Waals surface area contributed by atoms with Gasteiger partial charge in [0.25, 0.3) is 5.91 Å². The largest absolute Gasteiger partial charge is 0.487 e. The zero-order valence-corrected chi connectivity index (χ0v) is 18.9. The Bertz CT molecular complexity index is 1100. The molecule has 11 heteroatoms. The Labute approximate surface area is 195 Å². The van der Waals surface area contributed by atoms with Crippen LogP contribution in [-0.2, 0) is 4.74 Å². The highest BCUT2D eigenvalue weighted by Gasteiger charge is 2.27. The van der Waals surface area contributed by atoms with Crippen molar-refractivity contribution < 1.29 is 23.0 Å². The highest BCUT2D eigenvalue weighted by Crippen LogP contribution is 2.32. The first-order chi connectivity index (χ1) is 15.3. The minimum atomic E-state index is -3.80. The second-order valence-electron chi connectivity index (χ2n) is 7.06. The van der Waals surface area contributed by atoms with E-state index in [-0.39, 0.29) is 12.0 Å². The topological polar surface area (TPSA) is 78.3 Å². The van der Waals surface area contributed by atoms with Gasteiger partial charge in [-0.2, -0.15) is 5.10 Å². The van der Waals surface area contributed by atoms with E-state index in [9.17, 15) is 13.6 Å². The van der Waals surface area contributed by atoms with Crippen LogP contribution in [0, 0.1) is 0 Å². The highest BCUT2D eigenvalue weighted by molar-refractivity contribution is 9.10. The van der Waals surface area contributed by atoms with Gasteiger partial charge in [-0.1, -0.05) is 0 Å². The van der Waals surface area contributed by atoms with Crippen molar-refractivity contribution >= 4 is 39.1 Å². The van der Waals surface area contributed by atoms with Gasteiger partial charge in [0.15, 0.2) is 6.23 Å². The smallest absolute Gasteiger partial charge is 0.420 e. The molecule has 0 aliphatic carbocycles. The molecule has 3 aromatic rings. The number of carbonyl (C=O) groups excluding carboxylic acids is 1. The van der Waals surface area contributed by atoms with Crippen molar-refractivity contribution in [3.63, 3.8) is 0 Å². The number of rotatable bonds is 6. The molecule has 7 nitrogen and oxygen atoms in total. The van der Waals surface area contributed by atoms with Crippen LogP contribution in [0.4, 0.5) is 14.5 Å². The molecule has 1 amide bonds. The molecule has 1 N–H and O–H groups in total. The zero-order chi connectivity index (χ0) is 22.7. The van der Waals surface area contributed by atoms with Crippen LogP contribution >= 0.6 is 27.5 Å². The number of pyridine rings is 1. The molecule has 0 spiro atoms. The van der Waals surface area contributed by atoms with Crippen LogP contribution in [0.15, 0.2) is 53.3 Å². The van der Waals surface area contributed by atoms with E-state index < -0.39 is 11.5 Å². The summed E-state index contributed by atoms with van der Waals surface area (Å²) in [5.41, 5.74) is -1.68. The maximum absolute atomic E-state index is 12.7. The first-order valence-electron chi connectivity index (χ1n) is 9.78. The van der Waals surface area contributed by atoms with Crippen LogP contribution < -0.4 is 10.1 Å². The van der Waals surface area contributed by atoms with E-state index in [0.717, 1.165) is 25.0 Å². The molecule has 0 bridgehead atoms. The summed E-state index contributed by atoms with van der Waals surface area (Å²) in [6, 6.07) is 8.90. The third-order valence-corrected chi connectivity index (χ3v) is 5.47. The lowest BCUT2D eigenvalue weighted by Crippen LogP contribution is -2.20. The Kier molecular flexibility index (Phi) is 6.73. The van der Waals surface area contributed by atoms with Gasteiger partial charge in [-0.15, -0.1) is 8.78 Å². The van der Waals surface area contributed by atoms with Crippen molar-refractivity contribution in [1.29, 1.82) is 0 Å².